The standard InChI is InChI=1S/C21H16O4/c22-20(23)13-18-12-17(9-10-19(18)21(24)25)16-8-4-7-15(11-16)14-5-2-1-3-6-14/h1-12H,13H2,(H,22,23)(H,24,25). The second-order valence-electron chi connectivity index (χ2n) is 5.69. The van der Waals surface area contributed by atoms with Gasteiger partial charge in [0.15, 0.2) is 0 Å². The predicted molar refractivity (Wildman–Crippen MR) is 95.6 cm³/mol. The van der Waals surface area contributed by atoms with E-state index in [9.17, 15) is 14.7 Å². The van der Waals surface area contributed by atoms with Crippen LogP contribution in [0.25, 0.3) is 22.3 Å². The maximum absolute atomic E-state index is 11.3. The third-order valence-corrected chi connectivity index (χ3v) is 3.98. The number of aliphatic carboxylic acids is 1. The molecule has 0 fully saturated rings. The van der Waals surface area contributed by atoms with Gasteiger partial charge in [-0.1, -0.05) is 54.6 Å². The fourth-order valence-electron chi connectivity index (χ4n) is 2.80. The maximum Gasteiger partial charge on any atom is 0.335 e. The van der Waals surface area contributed by atoms with Gasteiger partial charge >= 0.3 is 11.9 Å². The monoisotopic (exact) mass is 332 g/mol. The molecule has 4 heteroatoms. The van der Waals surface area contributed by atoms with Crippen LogP contribution < -0.4 is 0 Å². The summed E-state index contributed by atoms with van der Waals surface area (Å²) < 4.78 is 0. The molecule has 0 bridgehead atoms. The van der Waals surface area contributed by atoms with Crippen molar-refractivity contribution in [3.63, 3.8) is 0 Å². The second-order valence-corrected chi connectivity index (χ2v) is 5.69. The van der Waals surface area contributed by atoms with E-state index < -0.39 is 11.9 Å². The van der Waals surface area contributed by atoms with Gasteiger partial charge in [-0.15, -0.1) is 0 Å². The maximum atomic E-state index is 11.3. The number of hydrogen-bond donors (Lipinski definition) is 2. The molecule has 0 aliphatic rings. The van der Waals surface area contributed by atoms with Gasteiger partial charge < -0.3 is 10.2 Å². The zero-order valence-electron chi connectivity index (χ0n) is 13.3. The summed E-state index contributed by atoms with van der Waals surface area (Å²) in [6, 6.07) is 22.6. The highest BCUT2D eigenvalue weighted by atomic mass is 16.4. The van der Waals surface area contributed by atoms with Crippen molar-refractivity contribution in [2.45, 2.75) is 6.42 Å². The number of carboxylic acid groups (broad SMARTS) is 2. The van der Waals surface area contributed by atoms with Crippen molar-refractivity contribution in [3.05, 3.63) is 83.9 Å². The predicted octanol–water partition coefficient (Wildman–Crippen LogP) is 4.35. The van der Waals surface area contributed by atoms with E-state index in [0.29, 0.717) is 5.56 Å². The topological polar surface area (TPSA) is 74.6 Å². The third-order valence-electron chi connectivity index (χ3n) is 3.98. The van der Waals surface area contributed by atoms with E-state index in [-0.39, 0.29) is 12.0 Å². The largest absolute Gasteiger partial charge is 0.481 e. The van der Waals surface area contributed by atoms with Gasteiger partial charge in [0.1, 0.15) is 0 Å². The lowest BCUT2D eigenvalue weighted by atomic mass is 9.95. The summed E-state index contributed by atoms with van der Waals surface area (Å²) in [5, 5.41) is 18.3. The molecule has 0 radical (unpaired) electrons. The second kappa shape index (κ2) is 7.01. The van der Waals surface area contributed by atoms with Crippen LogP contribution in [-0.2, 0) is 11.2 Å². The fourth-order valence-corrected chi connectivity index (χ4v) is 2.80. The Morgan fingerprint density at radius 1 is 0.680 bits per heavy atom. The van der Waals surface area contributed by atoms with E-state index in [1.807, 2.05) is 54.6 Å². The lowest BCUT2D eigenvalue weighted by Gasteiger charge is -2.10. The van der Waals surface area contributed by atoms with Crippen LogP contribution in [0.5, 0.6) is 0 Å². The Balaban J connectivity index is 2.05. The molecule has 0 amide bonds. The summed E-state index contributed by atoms with van der Waals surface area (Å²) in [7, 11) is 0. The minimum atomic E-state index is -1.12. The number of carbonyl (C=O) groups is 2. The minimum Gasteiger partial charge on any atom is -0.481 e. The first-order valence-corrected chi connectivity index (χ1v) is 7.78. The van der Waals surface area contributed by atoms with E-state index in [2.05, 4.69) is 0 Å². The van der Waals surface area contributed by atoms with Crippen molar-refractivity contribution in [3.8, 4) is 22.3 Å². The zero-order chi connectivity index (χ0) is 17.8. The average molecular weight is 332 g/mol. The molecule has 0 aliphatic heterocycles. The van der Waals surface area contributed by atoms with Gasteiger partial charge in [-0.25, -0.2) is 4.79 Å². The molecule has 2 N–H and O–H groups in total. The molecule has 25 heavy (non-hydrogen) atoms. The average Bonchev–Trinajstić information content (AvgIpc) is 2.62. The summed E-state index contributed by atoms with van der Waals surface area (Å²) in [6.07, 6.45) is -0.326. The van der Waals surface area contributed by atoms with Crippen molar-refractivity contribution in [1.29, 1.82) is 0 Å². The molecule has 4 nitrogen and oxygen atoms in total. The first kappa shape index (κ1) is 16.5. The van der Waals surface area contributed by atoms with Crippen LogP contribution in [0.4, 0.5) is 0 Å². The first-order valence-electron chi connectivity index (χ1n) is 7.78. The van der Waals surface area contributed by atoms with Crippen molar-refractivity contribution in [1.82, 2.24) is 0 Å². The molecule has 3 aromatic carbocycles. The van der Waals surface area contributed by atoms with E-state index in [1.54, 1.807) is 12.1 Å². The summed E-state index contributed by atoms with van der Waals surface area (Å²) in [6.45, 7) is 0. The molecule has 0 spiro atoms. The van der Waals surface area contributed by atoms with Crippen LogP contribution in [0.15, 0.2) is 72.8 Å². The van der Waals surface area contributed by atoms with Crippen molar-refractivity contribution >= 4 is 11.9 Å². The zero-order valence-corrected chi connectivity index (χ0v) is 13.3. The Morgan fingerprint density at radius 3 is 1.92 bits per heavy atom. The van der Waals surface area contributed by atoms with Crippen LogP contribution >= 0.6 is 0 Å². The highest BCUT2D eigenvalue weighted by molar-refractivity contribution is 5.92. The molecule has 0 unspecified atom stereocenters. The molecule has 3 aromatic rings. The number of benzene rings is 3. The molecule has 0 saturated carbocycles. The Labute approximate surface area is 145 Å². The van der Waals surface area contributed by atoms with Gasteiger partial charge in [0.05, 0.1) is 12.0 Å². The van der Waals surface area contributed by atoms with Gasteiger partial charge in [0, 0.05) is 0 Å². The Morgan fingerprint density at radius 2 is 1.28 bits per heavy atom. The lowest BCUT2D eigenvalue weighted by molar-refractivity contribution is -0.136. The lowest BCUT2D eigenvalue weighted by Crippen LogP contribution is -2.08. The molecule has 0 saturated heterocycles. The molecule has 0 heterocycles. The molecular formula is C21H16O4. The molecule has 0 atom stereocenters. The van der Waals surface area contributed by atoms with Crippen LogP contribution in [0.3, 0.4) is 0 Å². The van der Waals surface area contributed by atoms with Gasteiger partial charge in [0.2, 0.25) is 0 Å². The van der Waals surface area contributed by atoms with Gasteiger partial charge in [-0.05, 0) is 46.0 Å². The third kappa shape index (κ3) is 3.75. The Kier molecular flexibility index (Phi) is 4.61. The Hall–Kier alpha value is -3.40. The Bertz CT molecular complexity index is 930. The SMILES string of the molecule is O=C(O)Cc1cc(-c2cccc(-c3ccccc3)c2)ccc1C(=O)O. The van der Waals surface area contributed by atoms with Crippen molar-refractivity contribution < 1.29 is 19.8 Å². The van der Waals surface area contributed by atoms with E-state index in [4.69, 9.17) is 5.11 Å². The fraction of sp³-hybridized carbons (Fsp3) is 0.0476. The van der Waals surface area contributed by atoms with Crippen LogP contribution in [0.1, 0.15) is 15.9 Å². The highest BCUT2D eigenvalue weighted by Gasteiger charge is 2.14. The highest BCUT2D eigenvalue weighted by Crippen LogP contribution is 2.28. The summed E-state index contributed by atoms with van der Waals surface area (Å²) in [5.74, 6) is -2.18. The van der Waals surface area contributed by atoms with Crippen LogP contribution in [0, 0.1) is 0 Å². The number of aromatic carboxylic acids is 1. The van der Waals surface area contributed by atoms with Crippen molar-refractivity contribution in [2.24, 2.45) is 0 Å². The molecule has 124 valence electrons. The number of rotatable bonds is 5. The van der Waals surface area contributed by atoms with Crippen LogP contribution in [-0.4, -0.2) is 22.2 Å². The summed E-state index contributed by atoms with van der Waals surface area (Å²) in [5.41, 5.74) is 4.13. The van der Waals surface area contributed by atoms with Gasteiger partial charge in [0.25, 0.3) is 0 Å². The van der Waals surface area contributed by atoms with Crippen LogP contribution in [0.2, 0.25) is 0 Å². The molecule has 0 aliphatic carbocycles. The molecular weight excluding hydrogens is 316 g/mol. The quantitative estimate of drug-likeness (QED) is 0.728. The van der Waals surface area contributed by atoms with Gasteiger partial charge in [-0.2, -0.15) is 0 Å². The van der Waals surface area contributed by atoms with Gasteiger partial charge in [-0.3, -0.25) is 4.79 Å². The normalized spacial score (nSPS) is 10.4. The summed E-state index contributed by atoms with van der Waals surface area (Å²) in [4.78, 5) is 22.3. The smallest absolute Gasteiger partial charge is 0.335 e. The van der Waals surface area contributed by atoms with Crippen molar-refractivity contribution in [2.75, 3.05) is 0 Å². The molecule has 0 aromatic heterocycles. The van der Waals surface area contributed by atoms with E-state index in [1.165, 1.54) is 6.07 Å². The first-order chi connectivity index (χ1) is 12.0. The number of carboxylic acids is 2. The van der Waals surface area contributed by atoms with E-state index >= 15 is 0 Å². The van der Waals surface area contributed by atoms with E-state index in [0.717, 1.165) is 22.3 Å². The minimum absolute atomic E-state index is 0.0189. The molecule has 3 rings (SSSR count). The number of hydrogen-bond acceptors (Lipinski definition) is 2. The summed E-state index contributed by atoms with van der Waals surface area (Å²) >= 11 is 0.